The Balaban J connectivity index is 1.54. The van der Waals surface area contributed by atoms with Gasteiger partial charge in [-0.1, -0.05) is 37.3 Å². The van der Waals surface area contributed by atoms with Crippen molar-refractivity contribution in [3.8, 4) is 0 Å². The van der Waals surface area contributed by atoms with Gasteiger partial charge in [-0.3, -0.25) is 4.79 Å². The number of hydrogen-bond acceptors (Lipinski definition) is 6. The van der Waals surface area contributed by atoms with Gasteiger partial charge in [-0.05, 0) is 48.3 Å². The SMILES string of the molecule is [CH2][C@@H]1C[C@@H](Nc2ncncc2C(=O)c2cc([C@@H](C)c3ccccc3)cs2)C[C@@H]1O. The Labute approximate surface area is 174 Å². The van der Waals surface area contributed by atoms with Crippen molar-refractivity contribution in [1.29, 1.82) is 0 Å². The van der Waals surface area contributed by atoms with Crippen LogP contribution in [-0.2, 0) is 0 Å². The summed E-state index contributed by atoms with van der Waals surface area (Å²) in [4.78, 5) is 22.2. The fraction of sp³-hybridized carbons (Fsp3) is 0.304. The van der Waals surface area contributed by atoms with Gasteiger partial charge in [-0.15, -0.1) is 11.3 Å². The van der Waals surface area contributed by atoms with E-state index in [0.29, 0.717) is 22.7 Å². The Hall–Kier alpha value is -2.57. The summed E-state index contributed by atoms with van der Waals surface area (Å²) in [5.74, 6) is 0.636. The summed E-state index contributed by atoms with van der Waals surface area (Å²) in [5, 5.41) is 15.3. The maximum atomic E-state index is 13.2. The van der Waals surface area contributed by atoms with E-state index >= 15 is 0 Å². The molecular weight excluding hydrogens is 382 g/mol. The van der Waals surface area contributed by atoms with Crippen LogP contribution in [0.3, 0.4) is 0 Å². The van der Waals surface area contributed by atoms with Crippen molar-refractivity contribution in [3.63, 3.8) is 0 Å². The molecule has 0 aliphatic heterocycles. The summed E-state index contributed by atoms with van der Waals surface area (Å²) in [5.41, 5.74) is 2.79. The van der Waals surface area contributed by atoms with Gasteiger partial charge >= 0.3 is 0 Å². The molecule has 29 heavy (non-hydrogen) atoms. The Morgan fingerprint density at radius 2 is 2.07 bits per heavy atom. The van der Waals surface area contributed by atoms with E-state index in [1.807, 2.05) is 29.6 Å². The van der Waals surface area contributed by atoms with Gasteiger partial charge in [0, 0.05) is 18.2 Å². The van der Waals surface area contributed by atoms with Crippen LogP contribution in [0.5, 0.6) is 0 Å². The zero-order valence-corrected chi connectivity index (χ0v) is 17.1. The molecule has 6 heteroatoms. The smallest absolute Gasteiger partial charge is 0.208 e. The molecule has 0 spiro atoms. The Kier molecular flexibility index (Phi) is 5.74. The number of aliphatic hydroxyl groups excluding tert-OH is 1. The lowest BCUT2D eigenvalue weighted by molar-refractivity contribution is 0.104. The second-order valence-electron chi connectivity index (χ2n) is 7.63. The predicted molar refractivity (Wildman–Crippen MR) is 115 cm³/mol. The van der Waals surface area contributed by atoms with Crippen LogP contribution >= 0.6 is 11.3 Å². The third-order valence-corrected chi connectivity index (χ3v) is 6.55. The topological polar surface area (TPSA) is 75.1 Å². The second-order valence-corrected chi connectivity index (χ2v) is 8.54. The lowest BCUT2D eigenvalue weighted by atomic mass is 9.95. The van der Waals surface area contributed by atoms with Crippen LogP contribution in [0.15, 0.2) is 54.3 Å². The van der Waals surface area contributed by atoms with Crippen molar-refractivity contribution in [2.24, 2.45) is 5.92 Å². The molecule has 1 fully saturated rings. The molecule has 0 unspecified atom stereocenters. The van der Waals surface area contributed by atoms with Gasteiger partial charge in [0.1, 0.15) is 12.1 Å². The van der Waals surface area contributed by atoms with Gasteiger partial charge in [0.25, 0.3) is 0 Å². The molecule has 2 heterocycles. The highest BCUT2D eigenvalue weighted by Crippen LogP contribution is 2.31. The molecule has 4 atom stereocenters. The predicted octanol–water partition coefficient (Wildman–Crippen LogP) is 4.31. The van der Waals surface area contributed by atoms with Crippen LogP contribution < -0.4 is 5.32 Å². The highest BCUT2D eigenvalue weighted by Gasteiger charge is 2.31. The van der Waals surface area contributed by atoms with Gasteiger partial charge in [0.05, 0.1) is 16.5 Å². The third-order valence-electron chi connectivity index (χ3n) is 5.60. The number of rotatable bonds is 6. The molecule has 0 saturated heterocycles. The number of aliphatic hydroxyl groups is 1. The molecule has 3 aromatic rings. The van der Waals surface area contributed by atoms with Crippen LogP contribution in [0.25, 0.3) is 0 Å². The minimum absolute atomic E-state index is 0.00665. The number of aromatic nitrogens is 2. The fourth-order valence-electron chi connectivity index (χ4n) is 3.79. The maximum Gasteiger partial charge on any atom is 0.208 e. The van der Waals surface area contributed by atoms with E-state index in [4.69, 9.17) is 0 Å². The molecule has 0 bridgehead atoms. The van der Waals surface area contributed by atoms with Gasteiger partial charge in [-0.2, -0.15) is 0 Å². The highest BCUT2D eigenvalue weighted by molar-refractivity contribution is 7.12. The minimum Gasteiger partial charge on any atom is -0.393 e. The molecule has 0 amide bonds. The quantitative estimate of drug-likeness (QED) is 0.597. The first-order valence-corrected chi connectivity index (χ1v) is 10.7. The summed E-state index contributed by atoms with van der Waals surface area (Å²) >= 11 is 1.44. The fourth-order valence-corrected chi connectivity index (χ4v) is 4.75. The van der Waals surface area contributed by atoms with E-state index in [-0.39, 0.29) is 23.7 Å². The van der Waals surface area contributed by atoms with Gasteiger partial charge < -0.3 is 10.4 Å². The molecule has 1 aliphatic carbocycles. The van der Waals surface area contributed by atoms with Crippen LogP contribution in [0.1, 0.15) is 52.0 Å². The number of nitrogens with zero attached hydrogens (tertiary/aromatic N) is 2. The van der Waals surface area contributed by atoms with Crippen molar-refractivity contribution in [3.05, 3.63) is 82.8 Å². The monoisotopic (exact) mass is 406 g/mol. The highest BCUT2D eigenvalue weighted by atomic mass is 32.1. The van der Waals surface area contributed by atoms with Gasteiger partial charge in [-0.25, -0.2) is 9.97 Å². The molecule has 149 valence electrons. The van der Waals surface area contributed by atoms with Gasteiger partial charge in [0.2, 0.25) is 5.78 Å². The molecule has 1 aliphatic rings. The summed E-state index contributed by atoms with van der Waals surface area (Å²) in [6.45, 7) is 6.12. The number of thiophene rings is 1. The summed E-state index contributed by atoms with van der Waals surface area (Å²) < 4.78 is 0. The summed E-state index contributed by atoms with van der Waals surface area (Å²) in [7, 11) is 0. The zero-order chi connectivity index (χ0) is 20.4. The molecule has 1 radical (unpaired) electrons. The molecular formula is C23H24N3O2S. The Bertz CT molecular complexity index is 979. The van der Waals surface area contributed by atoms with Crippen molar-refractivity contribution in [2.75, 3.05) is 5.32 Å². The van der Waals surface area contributed by atoms with E-state index in [9.17, 15) is 9.90 Å². The summed E-state index contributed by atoms with van der Waals surface area (Å²) in [6, 6.07) is 12.3. The van der Waals surface area contributed by atoms with Gasteiger partial charge in [0.15, 0.2) is 0 Å². The molecule has 1 aromatic carbocycles. The molecule has 2 N–H and O–H groups in total. The number of benzene rings is 1. The zero-order valence-electron chi connectivity index (χ0n) is 16.3. The first kappa shape index (κ1) is 19.7. The van der Waals surface area contributed by atoms with E-state index in [1.54, 1.807) is 6.20 Å². The van der Waals surface area contributed by atoms with E-state index in [0.717, 1.165) is 12.0 Å². The average molecular weight is 407 g/mol. The lowest BCUT2D eigenvalue weighted by Crippen LogP contribution is -2.20. The van der Waals surface area contributed by atoms with Crippen LogP contribution in [0.4, 0.5) is 5.82 Å². The van der Waals surface area contributed by atoms with Crippen LogP contribution in [0, 0.1) is 12.8 Å². The van der Waals surface area contributed by atoms with Crippen LogP contribution in [-0.4, -0.2) is 33.0 Å². The van der Waals surface area contributed by atoms with E-state index in [2.05, 4.69) is 41.3 Å². The first-order valence-electron chi connectivity index (χ1n) is 9.78. The minimum atomic E-state index is -0.423. The average Bonchev–Trinajstić information content (AvgIpc) is 3.35. The van der Waals surface area contributed by atoms with Crippen molar-refractivity contribution < 1.29 is 9.90 Å². The first-order chi connectivity index (χ1) is 14.0. The Morgan fingerprint density at radius 1 is 1.28 bits per heavy atom. The Morgan fingerprint density at radius 3 is 2.79 bits per heavy atom. The number of ketones is 1. The lowest BCUT2D eigenvalue weighted by Gasteiger charge is -2.15. The molecule has 4 rings (SSSR count). The summed E-state index contributed by atoms with van der Waals surface area (Å²) in [6.07, 6.45) is 3.92. The van der Waals surface area contributed by atoms with Crippen LogP contribution in [0.2, 0.25) is 0 Å². The molecule has 5 nitrogen and oxygen atoms in total. The number of nitrogens with one attached hydrogen (secondary N) is 1. The van der Waals surface area contributed by atoms with E-state index < -0.39 is 6.10 Å². The number of carbonyl (C=O) groups is 1. The van der Waals surface area contributed by atoms with Crippen molar-refractivity contribution in [2.45, 2.75) is 37.8 Å². The second kappa shape index (κ2) is 8.43. The van der Waals surface area contributed by atoms with Crippen molar-refractivity contribution >= 4 is 22.9 Å². The largest absolute Gasteiger partial charge is 0.393 e. The van der Waals surface area contributed by atoms with E-state index in [1.165, 1.54) is 23.2 Å². The van der Waals surface area contributed by atoms with Crippen molar-refractivity contribution in [1.82, 2.24) is 9.97 Å². The molecule has 1 saturated carbocycles. The normalized spacial score (nSPS) is 22.4. The number of carbonyl (C=O) groups excluding carboxylic acids is 1. The molecule has 2 aromatic heterocycles. The maximum absolute atomic E-state index is 13.2. The number of anilines is 1. The standard InChI is InChI=1S/C23H24N3O2S/c1-14-8-18(10-20(14)27)26-23-19(11-24-13-25-23)22(28)21-9-17(12-29-21)15(2)16-6-4-3-5-7-16/h3-7,9,11-15,18,20,27H,1,8,10H2,2H3,(H,24,25,26)/t14-,15+,18-,20+/m1/s1. The third kappa shape index (κ3) is 4.23. The number of hydrogen-bond donors (Lipinski definition) is 2.